The molecule has 1 amide bonds. The van der Waals surface area contributed by atoms with Gasteiger partial charge in [0.1, 0.15) is 11.9 Å². The van der Waals surface area contributed by atoms with Gasteiger partial charge >= 0.3 is 5.97 Å². The first-order valence-corrected chi connectivity index (χ1v) is 13.5. The first-order chi connectivity index (χ1) is 19.1. The number of carbonyl (C=O) groups excluding carboxylic acids is 1. The number of benzene rings is 2. The Morgan fingerprint density at radius 1 is 1.03 bits per heavy atom. The van der Waals surface area contributed by atoms with Crippen LogP contribution in [0.25, 0.3) is 10.8 Å². The van der Waals surface area contributed by atoms with Crippen LogP contribution in [-0.4, -0.2) is 44.5 Å². The number of aliphatic carboxylic acids is 1. The van der Waals surface area contributed by atoms with Crippen LogP contribution in [-0.2, 0) is 24.3 Å². The minimum absolute atomic E-state index is 0.186. The lowest BCUT2D eigenvalue weighted by Crippen LogP contribution is -2.41. The molecule has 0 bridgehead atoms. The zero-order valence-corrected chi connectivity index (χ0v) is 21.8. The maximum absolute atomic E-state index is 13.2. The Hall–Kier alpha value is -4.08. The number of fused-ring (bicyclic) bond motifs is 2. The van der Waals surface area contributed by atoms with Crippen molar-refractivity contribution in [3.63, 3.8) is 0 Å². The second kappa shape index (κ2) is 12.6. The predicted molar refractivity (Wildman–Crippen MR) is 149 cm³/mol. The molecule has 39 heavy (non-hydrogen) atoms. The number of carboxylic acid groups (broad SMARTS) is 1. The van der Waals surface area contributed by atoms with E-state index >= 15 is 0 Å². The number of pyridine rings is 1. The molecule has 2 atom stereocenters. The predicted octanol–water partition coefficient (Wildman–Crippen LogP) is 3.88. The molecule has 2 heterocycles. The highest BCUT2D eigenvalue weighted by Gasteiger charge is 2.23. The third-order valence-electron chi connectivity index (χ3n) is 7.28. The molecule has 0 saturated carbocycles. The van der Waals surface area contributed by atoms with Crippen LogP contribution < -0.4 is 16.0 Å². The number of nitrogens with one attached hydrogen (secondary N) is 4. The number of aryl methyl sites for hydroxylation is 1. The van der Waals surface area contributed by atoms with Crippen LogP contribution in [0.5, 0.6) is 0 Å². The second-order valence-electron chi connectivity index (χ2n) is 9.91. The molecule has 1 aliphatic rings. The largest absolute Gasteiger partial charge is 0.480 e. The van der Waals surface area contributed by atoms with E-state index in [-0.39, 0.29) is 11.9 Å². The average molecular weight is 527 g/mol. The Bertz CT molecular complexity index is 1420. The molecule has 1 aliphatic carbocycles. The van der Waals surface area contributed by atoms with E-state index in [9.17, 15) is 14.7 Å². The molecule has 0 spiro atoms. The van der Waals surface area contributed by atoms with Gasteiger partial charge in [0.2, 0.25) is 0 Å². The summed E-state index contributed by atoms with van der Waals surface area (Å²) in [7, 11) is 0. The number of rotatable bonds is 12. The Morgan fingerprint density at radius 3 is 2.72 bits per heavy atom. The SMILES string of the molecule is O=C(N[C@@H](CCCNC1CCCc2cccnc21)C(=O)O)c1ccc(CNCc2ncc[nH]2)c2ccccc12. The van der Waals surface area contributed by atoms with E-state index in [2.05, 4.69) is 37.0 Å². The van der Waals surface area contributed by atoms with Gasteiger partial charge in [-0.3, -0.25) is 9.78 Å². The fraction of sp³-hybridized carbons (Fsp3) is 0.333. The van der Waals surface area contributed by atoms with Crippen LogP contribution in [0.15, 0.2) is 67.1 Å². The number of imidazole rings is 1. The molecule has 2 aromatic carbocycles. The zero-order valence-electron chi connectivity index (χ0n) is 21.8. The van der Waals surface area contributed by atoms with E-state index in [4.69, 9.17) is 0 Å². The van der Waals surface area contributed by atoms with Gasteiger partial charge in [0.05, 0.1) is 12.2 Å². The van der Waals surface area contributed by atoms with Crippen molar-refractivity contribution in [3.05, 3.63) is 95.3 Å². The number of hydrogen-bond acceptors (Lipinski definition) is 6. The van der Waals surface area contributed by atoms with Gasteiger partial charge in [0.15, 0.2) is 0 Å². The lowest BCUT2D eigenvalue weighted by atomic mass is 9.92. The highest BCUT2D eigenvalue weighted by Crippen LogP contribution is 2.27. The zero-order chi connectivity index (χ0) is 27.0. The lowest BCUT2D eigenvalue weighted by Gasteiger charge is -2.25. The fourth-order valence-corrected chi connectivity index (χ4v) is 5.31. The molecule has 0 aliphatic heterocycles. The van der Waals surface area contributed by atoms with E-state index < -0.39 is 12.0 Å². The number of nitrogens with zero attached hydrogens (tertiary/aromatic N) is 2. The van der Waals surface area contributed by atoms with Crippen molar-refractivity contribution in [1.29, 1.82) is 0 Å². The van der Waals surface area contributed by atoms with Crippen LogP contribution in [0.3, 0.4) is 0 Å². The summed E-state index contributed by atoms with van der Waals surface area (Å²) in [6.45, 7) is 1.86. The Kier molecular flexibility index (Phi) is 8.60. The summed E-state index contributed by atoms with van der Waals surface area (Å²) < 4.78 is 0. The molecule has 2 aromatic heterocycles. The molecule has 9 heteroatoms. The highest BCUT2D eigenvalue weighted by atomic mass is 16.4. The van der Waals surface area contributed by atoms with E-state index in [1.165, 1.54) is 5.56 Å². The molecular weight excluding hydrogens is 492 g/mol. The van der Waals surface area contributed by atoms with E-state index in [1.54, 1.807) is 18.5 Å². The molecule has 5 N–H and O–H groups in total. The third kappa shape index (κ3) is 6.50. The van der Waals surface area contributed by atoms with Crippen molar-refractivity contribution >= 4 is 22.6 Å². The number of aromatic nitrogens is 3. The molecule has 5 rings (SSSR count). The smallest absolute Gasteiger partial charge is 0.326 e. The number of hydrogen-bond donors (Lipinski definition) is 5. The van der Waals surface area contributed by atoms with E-state index in [0.29, 0.717) is 38.0 Å². The van der Waals surface area contributed by atoms with Gasteiger partial charge in [-0.15, -0.1) is 0 Å². The van der Waals surface area contributed by atoms with Crippen molar-refractivity contribution in [1.82, 2.24) is 30.9 Å². The van der Waals surface area contributed by atoms with Crippen LogP contribution >= 0.6 is 0 Å². The first kappa shape index (κ1) is 26.5. The van der Waals surface area contributed by atoms with E-state index in [1.807, 2.05) is 42.6 Å². The van der Waals surface area contributed by atoms with Gasteiger partial charge in [0.25, 0.3) is 5.91 Å². The van der Waals surface area contributed by atoms with Crippen LogP contribution in [0, 0.1) is 0 Å². The van der Waals surface area contributed by atoms with Crippen LogP contribution in [0.2, 0.25) is 0 Å². The van der Waals surface area contributed by atoms with Gasteiger partial charge in [-0.05, 0) is 72.7 Å². The maximum Gasteiger partial charge on any atom is 0.326 e. The fourth-order valence-electron chi connectivity index (χ4n) is 5.31. The number of H-pyrrole nitrogens is 1. The quantitative estimate of drug-likeness (QED) is 0.177. The van der Waals surface area contributed by atoms with Crippen LogP contribution in [0.1, 0.15) is 64.7 Å². The Morgan fingerprint density at radius 2 is 1.90 bits per heavy atom. The standard InChI is InChI=1S/C30H34N6O3/c37-29(24-13-12-21(22-8-1-2-9-23(22)24)18-31-19-27-33-16-17-34-27)36-26(30(38)39)11-5-14-32-25-10-3-6-20-7-4-15-35-28(20)25/h1-2,4,7-9,12-13,15-17,25-26,31-32H,3,5-6,10-11,14,18-19H2,(H,33,34)(H,36,37)(H,38,39)/t25?,26-/m0/s1. The first-order valence-electron chi connectivity index (χ1n) is 13.5. The minimum Gasteiger partial charge on any atom is -0.480 e. The molecule has 1 unspecified atom stereocenters. The number of carbonyl (C=O) groups is 2. The van der Waals surface area contributed by atoms with Crippen molar-refractivity contribution in [2.24, 2.45) is 0 Å². The van der Waals surface area contributed by atoms with Crippen molar-refractivity contribution in [2.45, 2.75) is 57.3 Å². The van der Waals surface area contributed by atoms with Gasteiger partial charge in [-0.25, -0.2) is 9.78 Å². The van der Waals surface area contributed by atoms with E-state index in [0.717, 1.165) is 47.1 Å². The third-order valence-corrected chi connectivity index (χ3v) is 7.28. The minimum atomic E-state index is -1.03. The molecule has 0 fully saturated rings. The monoisotopic (exact) mass is 526 g/mol. The number of amides is 1. The van der Waals surface area contributed by atoms with Gasteiger partial charge < -0.3 is 26.0 Å². The average Bonchev–Trinajstić information content (AvgIpc) is 3.48. The lowest BCUT2D eigenvalue weighted by molar-refractivity contribution is -0.139. The van der Waals surface area contributed by atoms with Crippen LogP contribution in [0.4, 0.5) is 0 Å². The highest BCUT2D eigenvalue weighted by molar-refractivity contribution is 6.08. The van der Waals surface area contributed by atoms with Crippen molar-refractivity contribution in [2.75, 3.05) is 6.54 Å². The molecule has 0 saturated heterocycles. The summed E-state index contributed by atoms with van der Waals surface area (Å²) in [5.41, 5.74) is 3.89. The topological polar surface area (TPSA) is 132 Å². The normalized spacial score (nSPS) is 15.5. The summed E-state index contributed by atoms with van der Waals surface area (Å²) in [6, 6.07) is 14.7. The molecule has 4 aromatic rings. The van der Waals surface area contributed by atoms with Gasteiger partial charge in [-0.1, -0.05) is 36.4 Å². The summed E-state index contributed by atoms with van der Waals surface area (Å²) in [6.07, 6.45) is 9.46. The van der Waals surface area contributed by atoms with Crippen molar-refractivity contribution in [3.8, 4) is 0 Å². The summed E-state index contributed by atoms with van der Waals surface area (Å²) in [5.74, 6) is -0.561. The molecule has 9 nitrogen and oxygen atoms in total. The Balaban J connectivity index is 1.19. The molecule has 202 valence electrons. The summed E-state index contributed by atoms with van der Waals surface area (Å²) in [4.78, 5) is 37.1. The second-order valence-corrected chi connectivity index (χ2v) is 9.91. The molecular formula is C30H34N6O3. The van der Waals surface area contributed by atoms with Gasteiger partial charge in [0, 0.05) is 36.7 Å². The Labute approximate surface area is 227 Å². The van der Waals surface area contributed by atoms with Gasteiger partial charge in [-0.2, -0.15) is 0 Å². The summed E-state index contributed by atoms with van der Waals surface area (Å²) in [5, 5.41) is 21.2. The number of carboxylic acids is 1. The number of aromatic amines is 1. The maximum atomic E-state index is 13.2. The summed E-state index contributed by atoms with van der Waals surface area (Å²) >= 11 is 0. The van der Waals surface area contributed by atoms with Crippen molar-refractivity contribution < 1.29 is 14.7 Å². The molecule has 0 radical (unpaired) electrons.